The summed E-state index contributed by atoms with van der Waals surface area (Å²) < 4.78 is 1.84. The standard InChI is InChI=1S/C13H9BrINO/c14-12-6-3-9(15)7-11(12)13(17)8-1-4-10(16)5-2-8/h1-7H,16H2. The fourth-order valence-electron chi connectivity index (χ4n) is 1.46. The fraction of sp³-hybridized carbons (Fsp3) is 0. The van der Waals surface area contributed by atoms with Gasteiger partial charge in [-0.25, -0.2) is 0 Å². The maximum atomic E-state index is 12.3. The minimum absolute atomic E-state index is 0.00427. The molecule has 0 spiro atoms. The summed E-state index contributed by atoms with van der Waals surface area (Å²) in [4.78, 5) is 12.3. The highest BCUT2D eigenvalue weighted by molar-refractivity contribution is 14.1. The third kappa shape index (κ3) is 2.87. The molecule has 2 rings (SSSR count). The molecular weight excluding hydrogens is 393 g/mol. The molecule has 0 saturated carbocycles. The molecule has 2 aromatic rings. The number of ketones is 1. The second-order valence-corrected chi connectivity index (χ2v) is 5.68. The fourth-order valence-corrected chi connectivity index (χ4v) is 2.38. The number of anilines is 1. The van der Waals surface area contributed by atoms with Gasteiger partial charge in [-0.3, -0.25) is 4.79 Å². The van der Waals surface area contributed by atoms with Crippen LogP contribution in [-0.2, 0) is 0 Å². The van der Waals surface area contributed by atoms with Gasteiger partial charge in [0.15, 0.2) is 5.78 Å². The predicted octanol–water partition coefficient (Wildman–Crippen LogP) is 3.87. The van der Waals surface area contributed by atoms with Crippen LogP contribution in [0, 0.1) is 3.57 Å². The van der Waals surface area contributed by atoms with Crippen LogP contribution in [0.4, 0.5) is 5.69 Å². The van der Waals surface area contributed by atoms with E-state index >= 15 is 0 Å². The normalized spacial score (nSPS) is 10.2. The molecule has 0 radical (unpaired) electrons. The molecule has 2 nitrogen and oxygen atoms in total. The average molecular weight is 402 g/mol. The van der Waals surface area contributed by atoms with Crippen molar-refractivity contribution in [2.45, 2.75) is 0 Å². The van der Waals surface area contributed by atoms with E-state index in [9.17, 15) is 4.79 Å². The van der Waals surface area contributed by atoms with E-state index in [-0.39, 0.29) is 5.78 Å². The van der Waals surface area contributed by atoms with Crippen molar-refractivity contribution in [2.75, 3.05) is 5.73 Å². The van der Waals surface area contributed by atoms with Gasteiger partial charge in [0.25, 0.3) is 0 Å². The van der Waals surface area contributed by atoms with Crippen LogP contribution in [0.15, 0.2) is 46.9 Å². The molecule has 0 heterocycles. The van der Waals surface area contributed by atoms with E-state index in [0.29, 0.717) is 16.8 Å². The molecule has 0 bridgehead atoms. The Morgan fingerprint density at radius 2 is 1.76 bits per heavy atom. The Kier molecular flexibility index (Phi) is 3.83. The second kappa shape index (κ2) is 5.18. The van der Waals surface area contributed by atoms with Crippen LogP contribution in [0.5, 0.6) is 0 Å². The van der Waals surface area contributed by atoms with Gasteiger partial charge in [-0.1, -0.05) is 15.9 Å². The molecule has 0 atom stereocenters. The molecule has 0 aliphatic heterocycles. The van der Waals surface area contributed by atoms with Gasteiger partial charge in [-0.2, -0.15) is 0 Å². The minimum atomic E-state index is -0.00427. The van der Waals surface area contributed by atoms with Crippen molar-refractivity contribution in [2.24, 2.45) is 0 Å². The molecule has 0 saturated heterocycles. The molecule has 2 aromatic carbocycles. The molecule has 0 aliphatic carbocycles. The van der Waals surface area contributed by atoms with Crippen LogP contribution in [0.3, 0.4) is 0 Å². The molecule has 17 heavy (non-hydrogen) atoms. The number of rotatable bonds is 2. The maximum Gasteiger partial charge on any atom is 0.194 e. The Balaban J connectivity index is 2.43. The molecule has 0 unspecified atom stereocenters. The lowest BCUT2D eigenvalue weighted by Gasteiger charge is -2.05. The van der Waals surface area contributed by atoms with Crippen molar-refractivity contribution in [3.05, 3.63) is 61.6 Å². The highest BCUT2D eigenvalue weighted by atomic mass is 127. The van der Waals surface area contributed by atoms with Crippen molar-refractivity contribution in [1.29, 1.82) is 0 Å². The number of nitrogens with two attached hydrogens (primary N) is 1. The Bertz CT molecular complexity index is 566. The number of benzene rings is 2. The molecule has 0 aromatic heterocycles. The number of carbonyl (C=O) groups excluding carboxylic acids is 1. The Labute approximate surface area is 121 Å². The van der Waals surface area contributed by atoms with Crippen LogP contribution >= 0.6 is 38.5 Å². The SMILES string of the molecule is Nc1ccc(C(=O)c2cc(I)ccc2Br)cc1. The summed E-state index contributed by atoms with van der Waals surface area (Å²) in [5, 5.41) is 0. The van der Waals surface area contributed by atoms with E-state index in [4.69, 9.17) is 5.73 Å². The summed E-state index contributed by atoms with van der Waals surface area (Å²) in [5.74, 6) is -0.00427. The van der Waals surface area contributed by atoms with Gasteiger partial charge in [0.05, 0.1) is 0 Å². The molecule has 2 N–H and O–H groups in total. The highest BCUT2D eigenvalue weighted by Gasteiger charge is 2.12. The molecule has 0 amide bonds. The number of halogens is 2. The smallest absolute Gasteiger partial charge is 0.194 e. The van der Waals surface area contributed by atoms with Gasteiger partial charge < -0.3 is 5.73 Å². The number of hydrogen-bond donors (Lipinski definition) is 1. The summed E-state index contributed by atoms with van der Waals surface area (Å²) in [6.07, 6.45) is 0. The van der Waals surface area contributed by atoms with Crippen molar-refractivity contribution in [3.8, 4) is 0 Å². The Morgan fingerprint density at radius 3 is 2.41 bits per heavy atom. The van der Waals surface area contributed by atoms with E-state index in [2.05, 4.69) is 38.5 Å². The van der Waals surface area contributed by atoms with E-state index in [1.165, 1.54) is 0 Å². The summed E-state index contributed by atoms with van der Waals surface area (Å²) in [6, 6.07) is 12.6. The third-order valence-electron chi connectivity index (χ3n) is 2.35. The maximum absolute atomic E-state index is 12.3. The van der Waals surface area contributed by atoms with Crippen molar-refractivity contribution < 1.29 is 4.79 Å². The van der Waals surface area contributed by atoms with Gasteiger partial charge in [0.2, 0.25) is 0 Å². The van der Waals surface area contributed by atoms with Crippen LogP contribution < -0.4 is 5.73 Å². The largest absolute Gasteiger partial charge is 0.399 e. The molecule has 0 fully saturated rings. The van der Waals surface area contributed by atoms with E-state index in [1.807, 2.05) is 18.2 Å². The van der Waals surface area contributed by atoms with Gasteiger partial charge in [-0.05, 0) is 65.1 Å². The third-order valence-corrected chi connectivity index (χ3v) is 3.71. The summed E-state index contributed by atoms with van der Waals surface area (Å²) in [6.45, 7) is 0. The van der Waals surface area contributed by atoms with E-state index < -0.39 is 0 Å². The van der Waals surface area contributed by atoms with Gasteiger partial charge >= 0.3 is 0 Å². The quantitative estimate of drug-likeness (QED) is 0.471. The summed E-state index contributed by atoms with van der Waals surface area (Å²) in [7, 11) is 0. The lowest BCUT2D eigenvalue weighted by atomic mass is 10.0. The first-order valence-electron chi connectivity index (χ1n) is 4.93. The second-order valence-electron chi connectivity index (χ2n) is 3.58. The zero-order valence-electron chi connectivity index (χ0n) is 8.78. The number of nitrogen functional groups attached to an aromatic ring is 1. The minimum Gasteiger partial charge on any atom is -0.399 e. The summed E-state index contributed by atoms with van der Waals surface area (Å²) in [5.41, 5.74) is 7.56. The number of hydrogen-bond acceptors (Lipinski definition) is 2. The first kappa shape index (κ1) is 12.6. The van der Waals surface area contributed by atoms with E-state index in [0.717, 1.165) is 8.04 Å². The van der Waals surface area contributed by atoms with Gasteiger partial charge in [-0.15, -0.1) is 0 Å². The molecule has 86 valence electrons. The highest BCUT2D eigenvalue weighted by Crippen LogP contribution is 2.22. The van der Waals surface area contributed by atoms with Crippen LogP contribution in [0.25, 0.3) is 0 Å². The lowest BCUT2D eigenvalue weighted by Crippen LogP contribution is -2.03. The molecule has 4 heteroatoms. The monoisotopic (exact) mass is 401 g/mol. The van der Waals surface area contributed by atoms with Gasteiger partial charge in [0, 0.05) is 24.9 Å². The van der Waals surface area contributed by atoms with E-state index in [1.54, 1.807) is 24.3 Å². The van der Waals surface area contributed by atoms with Crippen LogP contribution in [-0.4, -0.2) is 5.78 Å². The predicted molar refractivity (Wildman–Crippen MR) is 81.1 cm³/mol. The van der Waals surface area contributed by atoms with Crippen molar-refractivity contribution in [3.63, 3.8) is 0 Å². The lowest BCUT2D eigenvalue weighted by molar-refractivity contribution is 0.103. The zero-order valence-corrected chi connectivity index (χ0v) is 12.5. The summed E-state index contributed by atoms with van der Waals surface area (Å²) >= 11 is 5.58. The Morgan fingerprint density at radius 1 is 1.12 bits per heavy atom. The van der Waals surface area contributed by atoms with Crippen molar-refractivity contribution >= 4 is 50.0 Å². The first-order chi connectivity index (χ1) is 8.08. The van der Waals surface area contributed by atoms with Crippen LogP contribution in [0.2, 0.25) is 0 Å². The molecular formula is C13H9BrINO. The molecule has 0 aliphatic rings. The number of carbonyl (C=O) groups is 1. The van der Waals surface area contributed by atoms with Crippen LogP contribution in [0.1, 0.15) is 15.9 Å². The average Bonchev–Trinajstić information content (AvgIpc) is 2.32. The topological polar surface area (TPSA) is 43.1 Å². The van der Waals surface area contributed by atoms with Crippen molar-refractivity contribution in [1.82, 2.24) is 0 Å². The first-order valence-corrected chi connectivity index (χ1v) is 6.80. The van der Waals surface area contributed by atoms with Gasteiger partial charge in [0.1, 0.15) is 0 Å². The Hall–Kier alpha value is -0.880. The zero-order chi connectivity index (χ0) is 12.4.